The second-order valence-electron chi connectivity index (χ2n) is 6.77. The van der Waals surface area contributed by atoms with E-state index in [2.05, 4.69) is 24.6 Å². The van der Waals surface area contributed by atoms with Gasteiger partial charge in [-0.15, -0.1) is 0 Å². The summed E-state index contributed by atoms with van der Waals surface area (Å²) in [5.74, 6) is -3.54. The summed E-state index contributed by atoms with van der Waals surface area (Å²) in [5.41, 5.74) is 0.174. The number of fused-ring (bicyclic) bond motifs is 1. The normalized spacial score (nSPS) is 13.0. The highest BCUT2D eigenvalue weighted by atomic mass is 28.3. The molecule has 0 fully saturated rings. The standard InChI is InChI=1S/C15H21F3N2OSi/c1-15(17,18)11-7-13-14(19-8-11)12(16)9-20(13)10-21-5-6-22(2,3)4/h7-9H,5-6,10H2,1-4H3. The van der Waals surface area contributed by atoms with Crippen LogP contribution in [-0.4, -0.2) is 24.2 Å². The summed E-state index contributed by atoms with van der Waals surface area (Å²) in [5, 5.41) is 0. The average molecular weight is 330 g/mol. The molecule has 0 unspecified atom stereocenters. The van der Waals surface area contributed by atoms with E-state index in [0.29, 0.717) is 12.1 Å². The van der Waals surface area contributed by atoms with Crippen molar-refractivity contribution in [3.63, 3.8) is 0 Å². The maximum atomic E-state index is 13.8. The fourth-order valence-electron chi connectivity index (χ4n) is 2.01. The molecule has 0 aromatic carbocycles. The van der Waals surface area contributed by atoms with E-state index in [0.717, 1.165) is 19.2 Å². The molecule has 22 heavy (non-hydrogen) atoms. The number of hydrogen-bond donors (Lipinski definition) is 0. The van der Waals surface area contributed by atoms with Crippen LogP contribution in [0.15, 0.2) is 18.5 Å². The van der Waals surface area contributed by atoms with Crippen LogP contribution in [0.25, 0.3) is 11.0 Å². The Morgan fingerprint density at radius 1 is 1.32 bits per heavy atom. The summed E-state index contributed by atoms with van der Waals surface area (Å²) in [4.78, 5) is 3.81. The summed E-state index contributed by atoms with van der Waals surface area (Å²) in [7, 11) is -1.20. The topological polar surface area (TPSA) is 27.1 Å². The summed E-state index contributed by atoms with van der Waals surface area (Å²) < 4.78 is 47.6. The van der Waals surface area contributed by atoms with Gasteiger partial charge in [-0.2, -0.15) is 0 Å². The van der Waals surface area contributed by atoms with E-state index in [1.165, 1.54) is 16.8 Å². The largest absolute Gasteiger partial charge is 0.361 e. The number of pyridine rings is 1. The Kier molecular flexibility index (Phi) is 4.67. The van der Waals surface area contributed by atoms with E-state index < -0.39 is 19.8 Å². The third-order valence-corrected chi connectivity index (χ3v) is 5.11. The van der Waals surface area contributed by atoms with E-state index in [1.807, 2.05) is 0 Å². The highest BCUT2D eigenvalue weighted by Crippen LogP contribution is 2.29. The molecule has 0 saturated carbocycles. The van der Waals surface area contributed by atoms with Gasteiger partial charge < -0.3 is 9.30 Å². The molecule has 0 aliphatic rings. The third-order valence-electron chi connectivity index (χ3n) is 3.41. The smallest absolute Gasteiger partial charge is 0.272 e. The number of hydrogen-bond acceptors (Lipinski definition) is 2. The van der Waals surface area contributed by atoms with Gasteiger partial charge in [0.15, 0.2) is 5.82 Å². The minimum Gasteiger partial charge on any atom is -0.361 e. The van der Waals surface area contributed by atoms with Crippen LogP contribution in [0.1, 0.15) is 12.5 Å². The molecule has 0 aliphatic heterocycles. The first-order valence-corrected chi connectivity index (χ1v) is 10.9. The molecule has 7 heteroatoms. The average Bonchev–Trinajstić information content (AvgIpc) is 2.69. The van der Waals surface area contributed by atoms with Crippen molar-refractivity contribution in [2.45, 2.75) is 45.3 Å². The van der Waals surface area contributed by atoms with Crippen molar-refractivity contribution < 1.29 is 17.9 Å². The Bertz CT molecular complexity index is 659. The monoisotopic (exact) mass is 330 g/mol. The van der Waals surface area contributed by atoms with Gasteiger partial charge >= 0.3 is 0 Å². The molecule has 0 aliphatic carbocycles. The molecule has 0 atom stereocenters. The molecule has 0 radical (unpaired) electrons. The Hall–Kier alpha value is -1.34. The molecule has 122 valence electrons. The molecular weight excluding hydrogens is 309 g/mol. The first-order chi connectivity index (χ1) is 10.1. The Balaban J connectivity index is 2.19. The molecule has 3 nitrogen and oxygen atoms in total. The van der Waals surface area contributed by atoms with Crippen molar-refractivity contribution in [3.05, 3.63) is 29.8 Å². The molecule has 0 bridgehead atoms. The quantitative estimate of drug-likeness (QED) is 0.572. The van der Waals surface area contributed by atoms with Crippen molar-refractivity contribution in [1.82, 2.24) is 9.55 Å². The second kappa shape index (κ2) is 6.04. The summed E-state index contributed by atoms with van der Waals surface area (Å²) in [6.07, 6.45) is 2.26. The molecule has 0 N–H and O–H groups in total. The maximum Gasteiger partial charge on any atom is 0.272 e. The van der Waals surface area contributed by atoms with E-state index in [-0.39, 0.29) is 17.8 Å². The zero-order valence-electron chi connectivity index (χ0n) is 13.3. The van der Waals surface area contributed by atoms with Crippen molar-refractivity contribution in [2.75, 3.05) is 6.61 Å². The predicted molar refractivity (Wildman–Crippen MR) is 83.4 cm³/mol. The van der Waals surface area contributed by atoms with Crippen LogP contribution in [0.3, 0.4) is 0 Å². The summed E-state index contributed by atoms with van der Waals surface area (Å²) >= 11 is 0. The van der Waals surface area contributed by atoms with Gasteiger partial charge in [-0.3, -0.25) is 4.98 Å². The van der Waals surface area contributed by atoms with E-state index in [9.17, 15) is 13.2 Å². The van der Waals surface area contributed by atoms with Gasteiger partial charge in [0.05, 0.1) is 5.52 Å². The summed E-state index contributed by atoms with van der Waals surface area (Å²) in [6.45, 7) is 8.21. The third kappa shape index (κ3) is 4.10. The van der Waals surface area contributed by atoms with Crippen molar-refractivity contribution in [3.8, 4) is 0 Å². The Morgan fingerprint density at radius 2 is 2.00 bits per heavy atom. The van der Waals surface area contributed by atoms with E-state index in [4.69, 9.17) is 4.74 Å². The Labute approximate surface area is 129 Å². The van der Waals surface area contributed by atoms with Gasteiger partial charge in [-0.1, -0.05) is 19.6 Å². The maximum absolute atomic E-state index is 13.8. The number of halogens is 3. The van der Waals surface area contributed by atoms with Gasteiger partial charge in [-0.25, -0.2) is 13.2 Å². The van der Waals surface area contributed by atoms with Crippen LogP contribution in [0.5, 0.6) is 0 Å². The fourth-order valence-corrected chi connectivity index (χ4v) is 2.77. The van der Waals surface area contributed by atoms with Crippen LogP contribution in [-0.2, 0) is 17.4 Å². The minimum atomic E-state index is -3.01. The first kappa shape index (κ1) is 17.0. The molecule has 0 spiro atoms. The van der Waals surface area contributed by atoms with Gasteiger partial charge in [0, 0.05) is 39.6 Å². The van der Waals surface area contributed by atoms with E-state index in [1.54, 1.807) is 0 Å². The number of ether oxygens (including phenoxy) is 1. The van der Waals surface area contributed by atoms with Crippen LogP contribution in [0, 0.1) is 5.82 Å². The molecule has 0 amide bonds. The molecule has 2 aromatic heterocycles. The molecule has 2 rings (SSSR count). The molecule has 0 saturated heterocycles. The second-order valence-corrected chi connectivity index (χ2v) is 12.4. The number of alkyl halides is 2. The van der Waals surface area contributed by atoms with Gasteiger partial charge in [0.25, 0.3) is 5.92 Å². The zero-order chi connectivity index (χ0) is 16.5. The number of nitrogens with zero attached hydrogens (tertiary/aromatic N) is 2. The van der Waals surface area contributed by atoms with Crippen LogP contribution >= 0.6 is 0 Å². The predicted octanol–water partition coefficient (Wildman–Crippen LogP) is 4.60. The number of rotatable bonds is 6. The van der Waals surface area contributed by atoms with Gasteiger partial charge in [0.1, 0.15) is 12.2 Å². The molecule has 2 aromatic rings. The minimum absolute atomic E-state index is 0.0850. The van der Waals surface area contributed by atoms with Crippen LogP contribution < -0.4 is 0 Å². The first-order valence-electron chi connectivity index (χ1n) is 7.18. The lowest BCUT2D eigenvalue weighted by atomic mass is 10.1. The lowest BCUT2D eigenvalue weighted by molar-refractivity contribution is 0.0172. The highest BCUT2D eigenvalue weighted by molar-refractivity contribution is 6.76. The van der Waals surface area contributed by atoms with Gasteiger partial charge in [-0.05, 0) is 12.1 Å². The zero-order valence-corrected chi connectivity index (χ0v) is 14.3. The highest BCUT2D eigenvalue weighted by Gasteiger charge is 2.26. The molecular formula is C15H21F3N2OSi. The van der Waals surface area contributed by atoms with Gasteiger partial charge in [0.2, 0.25) is 0 Å². The number of aromatic nitrogens is 2. The van der Waals surface area contributed by atoms with Crippen LogP contribution in [0.4, 0.5) is 13.2 Å². The fraction of sp³-hybridized carbons (Fsp3) is 0.533. The van der Waals surface area contributed by atoms with Crippen molar-refractivity contribution in [2.24, 2.45) is 0 Å². The van der Waals surface area contributed by atoms with Crippen molar-refractivity contribution >= 4 is 19.1 Å². The summed E-state index contributed by atoms with van der Waals surface area (Å²) in [6, 6.07) is 2.26. The van der Waals surface area contributed by atoms with Crippen LogP contribution in [0.2, 0.25) is 25.7 Å². The Morgan fingerprint density at radius 3 is 2.59 bits per heavy atom. The lowest BCUT2D eigenvalue weighted by Gasteiger charge is -2.16. The van der Waals surface area contributed by atoms with Crippen molar-refractivity contribution in [1.29, 1.82) is 0 Å². The molecule has 2 heterocycles. The lowest BCUT2D eigenvalue weighted by Crippen LogP contribution is -2.22. The van der Waals surface area contributed by atoms with E-state index >= 15 is 0 Å². The SMILES string of the molecule is CC(F)(F)c1cnc2c(F)cn(COCC[Si](C)(C)C)c2c1.